The maximum absolute atomic E-state index is 12.4. The summed E-state index contributed by atoms with van der Waals surface area (Å²) in [5, 5.41) is 3.33. The summed E-state index contributed by atoms with van der Waals surface area (Å²) in [4.78, 5) is 39.4. The zero-order valence-corrected chi connectivity index (χ0v) is 16.0. The summed E-state index contributed by atoms with van der Waals surface area (Å²) in [7, 11) is 0. The van der Waals surface area contributed by atoms with E-state index < -0.39 is 5.97 Å². The number of anilines is 1. The smallest absolute Gasteiger partial charge is 0.341 e. The van der Waals surface area contributed by atoms with Crippen LogP contribution in [0.1, 0.15) is 60.3 Å². The summed E-state index contributed by atoms with van der Waals surface area (Å²) < 4.78 is 5.14. The van der Waals surface area contributed by atoms with Crippen LogP contribution >= 0.6 is 11.3 Å². The summed E-state index contributed by atoms with van der Waals surface area (Å²) in [6, 6.07) is 0. The van der Waals surface area contributed by atoms with Gasteiger partial charge in [-0.25, -0.2) is 4.79 Å². The Morgan fingerprint density at radius 1 is 1.24 bits per heavy atom. The van der Waals surface area contributed by atoms with Gasteiger partial charge in [-0.2, -0.15) is 0 Å². The second kappa shape index (κ2) is 8.99. The predicted octanol–water partition coefficient (Wildman–Crippen LogP) is 3.14. The number of thiophene rings is 1. The van der Waals surface area contributed by atoms with Crippen LogP contribution in [0.15, 0.2) is 0 Å². The summed E-state index contributed by atoms with van der Waals surface area (Å²) in [5.41, 5.74) is 1.35. The Morgan fingerprint density at radius 3 is 2.68 bits per heavy atom. The van der Waals surface area contributed by atoms with Gasteiger partial charge in [-0.1, -0.05) is 13.3 Å². The average Bonchev–Trinajstić information content (AvgIpc) is 2.73. The van der Waals surface area contributed by atoms with Gasteiger partial charge in [0.15, 0.2) is 0 Å². The third-order valence-electron chi connectivity index (χ3n) is 4.30. The van der Waals surface area contributed by atoms with Gasteiger partial charge in [-0.15, -0.1) is 11.3 Å². The Morgan fingerprint density at radius 2 is 2.00 bits per heavy atom. The van der Waals surface area contributed by atoms with E-state index in [1.54, 1.807) is 11.8 Å². The highest BCUT2D eigenvalue weighted by atomic mass is 32.1. The molecule has 1 aliphatic rings. The Balaban J connectivity index is 2.14. The molecule has 1 saturated heterocycles. The summed E-state index contributed by atoms with van der Waals surface area (Å²) in [6.45, 7) is 6.58. The first-order chi connectivity index (χ1) is 12.0. The lowest BCUT2D eigenvalue weighted by Gasteiger charge is -2.19. The molecule has 1 N–H and O–H groups in total. The van der Waals surface area contributed by atoms with Crippen molar-refractivity contribution in [3.05, 3.63) is 16.0 Å². The molecule has 25 heavy (non-hydrogen) atoms. The van der Waals surface area contributed by atoms with Crippen LogP contribution in [0.4, 0.5) is 5.00 Å². The van der Waals surface area contributed by atoms with Gasteiger partial charge < -0.3 is 15.0 Å². The van der Waals surface area contributed by atoms with Crippen molar-refractivity contribution in [3.8, 4) is 0 Å². The zero-order chi connectivity index (χ0) is 18.4. The number of carbonyl (C=O) groups excluding carboxylic acids is 3. The van der Waals surface area contributed by atoms with E-state index in [2.05, 4.69) is 5.32 Å². The molecule has 0 bridgehead atoms. The first-order valence-corrected chi connectivity index (χ1v) is 9.66. The molecule has 6 nitrogen and oxygen atoms in total. The zero-order valence-electron chi connectivity index (χ0n) is 15.1. The second-order valence-corrected chi connectivity index (χ2v) is 7.31. The van der Waals surface area contributed by atoms with Gasteiger partial charge in [0.25, 0.3) is 0 Å². The van der Waals surface area contributed by atoms with E-state index in [1.165, 1.54) is 11.3 Å². The molecule has 1 aliphatic heterocycles. The van der Waals surface area contributed by atoms with Crippen molar-refractivity contribution in [2.24, 2.45) is 0 Å². The number of amides is 2. The minimum Gasteiger partial charge on any atom is -0.462 e. The Kier molecular flexibility index (Phi) is 6.99. The van der Waals surface area contributed by atoms with E-state index in [0.717, 1.165) is 29.7 Å². The van der Waals surface area contributed by atoms with E-state index in [1.807, 2.05) is 13.8 Å². The fourth-order valence-electron chi connectivity index (χ4n) is 3.06. The van der Waals surface area contributed by atoms with Gasteiger partial charge in [0.1, 0.15) is 5.00 Å². The van der Waals surface area contributed by atoms with Gasteiger partial charge in [0, 0.05) is 17.8 Å². The fraction of sp³-hybridized carbons (Fsp3) is 0.611. The standard InChI is InChI=1S/C18H26N2O4S/c1-4-13-12(3)25-17(16(13)18(23)24-5-2)19-14(21)11-20-10-8-6-7-9-15(20)22/h4-11H2,1-3H3,(H,19,21). The number of likely N-dealkylation sites (tertiary alicyclic amines) is 1. The number of carbonyl (C=O) groups is 3. The molecule has 2 amide bonds. The normalized spacial score (nSPS) is 15.0. The Labute approximate surface area is 152 Å². The lowest BCUT2D eigenvalue weighted by Crippen LogP contribution is -2.37. The summed E-state index contributed by atoms with van der Waals surface area (Å²) in [5.74, 6) is -0.663. The van der Waals surface area contributed by atoms with Crippen LogP contribution in [0.5, 0.6) is 0 Å². The van der Waals surface area contributed by atoms with Crippen molar-refractivity contribution in [2.45, 2.75) is 52.9 Å². The molecule has 138 valence electrons. The maximum Gasteiger partial charge on any atom is 0.341 e. The molecule has 1 aromatic rings. The molecule has 2 rings (SSSR count). The van der Waals surface area contributed by atoms with Crippen LogP contribution in [-0.4, -0.2) is 42.4 Å². The number of esters is 1. The third-order valence-corrected chi connectivity index (χ3v) is 5.36. The van der Waals surface area contributed by atoms with Crippen LogP contribution in [0.3, 0.4) is 0 Å². The van der Waals surface area contributed by atoms with Crippen LogP contribution < -0.4 is 5.32 Å². The minimum atomic E-state index is -0.412. The molecule has 1 fully saturated rings. The van der Waals surface area contributed by atoms with Crippen molar-refractivity contribution in [2.75, 3.05) is 25.0 Å². The molecule has 0 atom stereocenters. The van der Waals surface area contributed by atoms with E-state index in [4.69, 9.17) is 4.74 Å². The Hall–Kier alpha value is -1.89. The molecule has 0 spiro atoms. The van der Waals surface area contributed by atoms with Crippen LogP contribution in [0, 0.1) is 6.92 Å². The second-order valence-electron chi connectivity index (χ2n) is 6.09. The molecule has 0 aliphatic carbocycles. The van der Waals surface area contributed by atoms with Crippen molar-refractivity contribution < 1.29 is 19.1 Å². The fourth-order valence-corrected chi connectivity index (χ4v) is 4.21. The SMILES string of the molecule is CCOC(=O)c1c(NC(=O)CN2CCCCCC2=O)sc(C)c1CC. The average molecular weight is 366 g/mol. The van der Waals surface area contributed by atoms with Crippen LogP contribution in [0.2, 0.25) is 0 Å². The van der Waals surface area contributed by atoms with E-state index in [9.17, 15) is 14.4 Å². The molecule has 0 radical (unpaired) electrons. The third kappa shape index (κ3) is 4.81. The molecular formula is C18H26N2O4S. The summed E-state index contributed by atoms with van der Waals surface area (Å²) in [6.07, 6.45) is 4.01. The van der Waals surface area contributed by atoms with Gasteiger partial charge >= 0.3 is 5.97 Å². The number of ether oxygens (including phenoxy) is 1. The highest BCUT2D eigenvalue weighted by Gasteiger charge is 2.25. The Bertz CT molecular complexity index is 654. The quantitative estimate of drug-likeness (QED) is 0.785. The largest absolute Gasteiger partial charge is 0.462 e. The molecule has 7 heteroatoms. The topological polar surface area (TPSA) is 75.7 Å². The molecule has 2 heterocycles. The molecular weight excluding hydrogens is 340 g/mol. The molecule has 0 aromatic carbocycles. The highest BCUT2D eigenvalue weighted by molar-refractivity contribution is 7.16. The number of hydrogen-bond donors (Lipinski definition) is 1. The van der Waals surface area contributed by atoms with E-state index in [0.29, 0.717) is 30.0 Å². The van der Waals surface area contributed by atoms with Gasteiger partial charge in [-0.05, 0) is 38.7 Å². The maximum atomic E-state index is 12.4. The van der Waals surface area contributed by atoms with Gasteiger partial charge in [0.2, 0.25) is 11.8 Å². The predicted molar refractivity (Wildman–Crippen MR) is 98.1 cm³/mol. The molecule has 0 saturated carbocycles. The first-order valence-electron chi connectivity index (χ1n) is 8.84. The van der Waals surface area contributed by atoms with Gasteiger partial charge in [-0.3, -0.25) is 9.59 Å². The van der Waals surface area contributed by atoms with Crippen LogP contribution in [0.25, 0.3) is 0 Å². The number of rotatable bonds is 6. The van der Waals surface area contributed by atoms with E-state index >= 15 is 0 Å². The minimum absolute atomic E-state index is 0.0230. The molecule has 0 unspecified atom stereocenters. The summed E-state index contributed by atoms with van der Waals surface area (Å²) >= 11 is 1.38. The van der Waals surface area contributed by atoms with Crippen LogP contribution in [-0.2, 0) is 20.7 Å². The van der Waals surface area contributed by atoms with E-state index in [-0.39, 0.29) is 25.0 Å². The number of aryl methyl sites for hydroxylation is 1. The van der Waals surface area contributed by atoms with Gasteiger partial charge in [0.05, 0.1) is 18.7 Å². The lowest BCUT2D eigenvalue weighted by atomic mass is 10.1. The van der Waals surface area contributed by atoms with Crippen molar-refractivity contribution in [1.29, 1.82) is 0 Å². The molecule has 1 aromatic heterocycles. The van der Waals surface area contributed by atoms with Crippen molar-refractivity contribution in [3.63, 3.8) is 0 Å². The lowest BCUT2D eigenvalue weighted by molar-refractivity contribution is -0.134. The number of hydrogen-bond acceptors (Lipinski definition) is 5. The number of nitrogens with one attached hydrogen (secondary N) is 1. The number of nitrogens with zero attached hydrogens (tertiary/aromatic N) is 1. The van der Waals surface area contributed by atoms with Crippen molar-refractivity contribution in [1.82, 2.24) is 4.90 Å². The highest BCUT2D eigenvalue weighted by Crippen LogP contribution is 2.34. The monoisotopic (exact) mass is 366 g/mol. The first kappa shape index (κ1) is 19.4. The van der Waals surface area contributed by atoms with Crippen molar-refractivity contribution >= 4 is 34.1 Å².